The van der Waals surface area contributed by atoms with Crippen molar-refractivity contribution >= 4 is 12.0 Å². The molecule has 1 fully saturated rings. The lowest BCUT2D eigenvalue weighted by molar-refractivity contribution is -0.137. The Morgan fingerprint density at radius 3 is 2.68 bits per heavy atom. The molecule has 2 amide bonds. The molecule has 0 aromatic rings. The van der Waals surface area contributed by atoms with E-state index in [1.54, 1.807) is 4.90 Å². The summed E-state index contributed by atoms with van der Waals surface area (Å²) < 4.78 is 0. The Bertz CT molecular complexity index is 322. The number of piperidine rings is 1. The lowest BCUT2D eigenvalue weighted by atomic mass is 9.97. The zero-order valence-corrected chi connectivity index (χ0v) is 11.6. The lowest BCUT2D eigenvalue weighted by Crippen LogP contribution is -2.51. The number of carboxylic acid groups (broad SMARTS) is 1. The third-order valence-corrected chi connectivity index (χ3v) is 3.53. The zero-order valence-electron chi connectivity index (χ0n) is 11.6. The number of aliphatic carboxylic acids is 1. The fourth-order valence-electron chi connectivity index (χ4n) is 2.37. The molecule has 19 heavy (non-hydrogen) atoms. The Morgan fingerprint density at radius 1 is 1.47 bits per heavy atom. The van der Waals surface area contributed by atoms with Gasteiger partial charge in [-0.15, -0.1) is 0 Å². The summed E-state index contributed by atoms with van der Waals surface area (Å²) in [5, 5.41) is 21.2. The summed E-state index contributed by atoms with van der Waals surface area (Å²) in [6, 6.07) is -0.546. The summed E-state index contributed by atoms with van der Waals surface area (Å²) in [6.45, 7) is 4.90. The van der Waals surface area contributed by atoms with Crippen molar-refractivity contribution in [3.8, 4) is 0 Å². The molecule has 3 unspecified atom stereocenters. The van der Waals surface area contributed by atoms with Gasteiger partial charge in [0.05, 0.1) is 12.5 Å². The maximum atomic E-state index is 12.1. The van der Waals surface area contributed by atoms with Crippen molar-refractivity contribution in [1.82, 2.24) is 10.2 Å². The van der Waals surface area contributed by atoms with E-state index in [1.165, 1.54) is 0 Å². The molecule has 1 aliphatic heterocycles. The number of carboxylic acids is 1. The average Bonchev–Trinajstić information content (AvgIpc) is 2.32. The summed E-state index contributed by atoms with van der Waals surface area (Å²) in [5.41, 5.74) is 0. The van der Waals surface area contributed by atoms with Gasteiger partial charge in [-0.05, 0) is 18.8 Å². The molecule has 3 atom stereocenters. The first-order valence-corrected chi connectivity index (χ1v) is 6.89. The molecule has 0 spiro atoms. The fourth-order valence-corrected chi connectivity index (χ4v) is 2.37. The Labute approximate surface area is 113 Å². The molecule has 0 bridgehead atoms. The van der Waals surface area contributed by atoms with Gasteiger partial charge < -0.3 is 20.4 Å². The highest BCUT2D eigenvalue weighted by Gasteiger charge is 2.28. The minimum absolute atomic E-state index is 0.0500. The van der Waals surface area contributed by atoms with E-state index in [0.717, 1.165) is 6.42 Å². The number of carbonyl (C=O) groups is 2. The van der Waals surface area contributed by atoms with Gasteiger partial charge in [0, 0.05) is 19.1 Å². The molecule has 1 heterocycles. The molecule has 1 rings (SSSR count). The van der Waals surface area contributed by atoms with E-state index in [0.29, 0.717) is 25.9 Å². The number of hydrogen-bond donors (Lipinski definition) is 3. The molecule has 0 aliphatic carbocycles. The number of hydrogen-bond acceptors (Lipinski definition) is 3. The summed E-state index contributed by atoms with van der Waals surface area (Å²) in [6.07, 6.45) is 1.66. The van der Waals surface area contributed by atoms with Crippen LogP contribution in [0.3, 0.4) is 0 Å². The van der Waals surface area contributed by atoms with Gasteiger partial charge in [-0.1, -0.05) is 20.3 Å². The highest BCUT2D eigenvalue weighted by Crippen LogP contribution is 2.16. The second kappa shape index (κ2) is 7.33. The van der Waals surface area contributed by atoms with Crippen LogP contribution >= 0.6 is 0 Å². The standard InChI is InChI=1S/C13H24N2O4/c1-3-4-10(7-12(17)18)14-13(19)15-6-5-11(16)9(2)8-15/h9-11,16H,3-8H2,1-2H3,(H,14,19)(H,17,18). The van der Waals surface area contributed by atoms with Crippen molar-refractivity contribution < 1.29 is 19.8 Å². The van der Waals surface area contributed by atoms with E-state index < -0.39 is 5.97 Å². The number of carbonyl (C=O) groups excluding carboxylic acids is 1. The first kappa shape index (κ1) is 15.8. The first-order chi connectivity index (χ1) is 8.93. The van der Waals surface area contributed by atoms with E-state index in [2.05, 4.69) is 5.32 Å². The second-order valence-corrected chi connectivity index (χ2v) is 5.31. The molecule has 1 aliphatic rings. The van der Waals surface area contributed by atoms with Crippen LogP contribution in [0.5, 0.6) is 0 Å². The summed E-state index contributed by atoms with van der Waals surface area (Å²) in [7, 11) is 0. The molecule has 0 radical (unpaired) electrons. The van der Waals surface area contributed by atoms with Crippen LogP contribution in [0.2, 0.25) is 0 Å². The van der Waals surface area contributed by atoms with Crippen LogP contribution in [0.25, 0.3) is 0 Å². The van der Waals surface area contributed by atoms with Crippen molar-refractivity contribution in [2.45, 2.75) is 51.7 Å². The maximum absolute atomic E-state index is 12.1. The number of urea groups is 1. The summed E-state index contributed by atoms with van der Waals surface area (Å²) in [4.78, 5) is 24.5. The molecular weight excluding hydrogens is 248 g/mol. The Balaban J connectivity index is 2.49. The van der Waals surface area contributed by atoms with Gasteiger partial charge in [-0.3, -0.25) is 4.79 Å². The van der Waals surface area contributed by atoms with Crippen molar-refractivity contribution in [2.24, 2.45) is 5.92 Å². The highest BCUT2D eigenvalue weighted by molar-refractivity contribution is 5.76. The fraction of sp³-hybridized carbons (Fsp3) is 0.846. The third kappa shape index (κ3) is 5.06. The van der Waals surface area contributed by atoms with Gasteiger partial charge in [0.2, 0.25) is 0 Å². The van der Waals surface area contributed by atoms with E-state index >= 15 is 0 Å². The monoisotopic (exact) mass is 272 g/mol. The number of nitrogens with one attached hydrogen (secondary N) is 1. The van der Waals surface area contributed by atoms with Crippen LogP contribution in [0, 0.1) is 5.92 Å². The minimum atomic E-state index is -0.902. The zero-order chi connectivity index (χ0) is 14.4. The molecule has 6 nitrogen and oxygen atoms in total. The number of nitrogens with zero attached hydrogens (tertiary/aromatic N) is 1. The first-order valence-electron chi connectivity index (χ1n) is 6.89. The van der Waals surface area contributed by atoms with Crippen LogP contribution in [0.15, 0.2) is 0 Å². The van der Waals surface area contributed by atoms with Crippen LogP contribution in [0.4, 0.5) is 4.79 Å². The summed E-state index contributed by atoms with van der Waals surface area (Å²) in [5.74, 6) is -0.843. The van der Waals surface area contributed by atoms with Crippen molar-refractivity contribution in [2.75, 3.05) is 13.1 Å². The Hall–Kier alpha value is -1.30. The quantitative estimate of drug-likeness (QED) is 0.697. The number of aliphatic hydroxyl groups excluding tert-OH is 1. The summed E-state index contributed by atoms with van der Waals surface area (Å²) >= 11 is 0. The number of amides is 2. The van der Waals surface area contributed by atoms with Crippen LogP contribution in [-0.4, -0.2) is 52.3 Å². The normalized spacial score (nSPS) is 24.9. The predicted octanol–water partition coefficient (Wildman–Crippen LogP) is 1.04. The van der Waals surface area contributed by atoms with Gasteiger partial charge in [0.25, 0.3) is 0 Å². The van der Waals surface area contributed by atoms with Crippen molar-refractivity contribution in [1.29, 1.82) is 0 Å². The SMILES string of the molecule is CCCC(CC(=O)O)NC(=O)N1CCC(O)C(C)C1. The topological polar surface area (TPSA) is 89.9 Å². The molecule has 6 heteroatoms. The Morgan fingerprint density at radius 2 is 2.16 bits per heavy atom. The Kier molecular flexibility index (Phi) is 6.08. The van der Waals surface area contributed by atoms with E-state index in [4.69, 9.17) is 5.11 Å². The van der Waals surface area contributed by atoms with Crippen molar-refractivity contribution in [3.63, 3.8) is 0 Å². The highest BCUT2D eigenvalue weighted by atomic mass is 16.4. The third-order valence-electron chi connectivity index (χ3n) is 3.53. The molecule has 1 saturated heterocycles. The predicted molar refractivity (Wildman–Crippen MR) is 70.8 cm³/mol. The van der Waals surface area contributed by atoms with Gasteiger partial charge in [-0.2, -0.15) is 0 Å². The lowest BCUT2D eigenvalue weighted by Gasteiger charge is -2.35. The molecular formula is C13H24N2O4. The minimum Gasteiger partial charge on any atom is -0.481 e. The van der Waals surface area contributed by atoms with Crippen LogP contribution < -0.4 is 5.32 Å². The molecule has 0 aromatic carbocycles. The smallest absolute Gasteiger partial charge is 0.317 e. The number of aliphatic hydroxyl groups is 1. The van der Waals surface area contributed by atoms with Gasteiger partial charge in [0.1, 0.15) is 0 Å². The van der Waals surface area contributed by atoms with E-state index in [1.807, 2.05) is 13.8 Å². The van der Waals surface area contributed by atoms with Crippen molar-refractivity contribution in [3.05, 3.63) is 0 Å². The van der Waals surface area contributed by atoms with Gasteiger partial charge >= 0.3 is 12.0 Å². The van der Waals surface area contributed by atoms with Gasteiger partial charge in [-0.25, -0.2) is 4.79 Å². The molecule has 3 N–H and O–H groups in total. The molecule has 0 aromatic heterocycles. The molecule has 0 saturated carbocycles. The average molecular weight is 272 g/mol. The van der Waals surface area contributed by atoms with Gasteiger partial charge in [0.15, 0.2) is 0 Å². The number of likely N-dealkylation sites (tertiary alicyclic amines) is 1. The van der Waals surface area contributed by atoms with Crippen LogP contribution in [-0.2, 0) is 4.79 Å². The maximum Gasteiger partial charge on any atom is 0.317 e. The molecule has 110 valence electrons. The van der Waals surface area contributed by atoms with E-state index in [9.17, 15) is 14.7 Å². The van der Waals surface area contributed by atoms with Crippen LogP contribution in [0.1, 0.15) is 39.5 Å². The number of rotatable bonds is 5. The largest absolute Gasteiger partial charge is 0.481 e. The second-order valence-electron chi connectivity index (χ2n) is 5.31. The van der Waals surface area contributed by atoms with E-state index in [-0.39, 0.29) is 30.5 Å².